The van der Waals surface area contributed by atoms with Crippen LogP contribution in [0, 0.1) is 0 Å². The zero-order chi connectivity index (χ0) is 37.4. The molecule has 2 heterocycles. The smallest absolute Gasteiger partial charge is 0.137 e. The first-order valence-corrected chi connectivity index (χ1v) is 12.9. The van der Waals surface area contributed by atoms with Gasteiger partial charge in [0.2, 0.25) is 0 Å². The van der Waals surface area contributed by atoms with Gasteiger partial charge in [-0.2, -0.15) is 0 Å². The van der Waals surface area contributed by atoms with Crippen LogP contribution >= 0.6 is 0 Å². The third-order valence-electron chi connectivity index (χ3n) is 7.44. The number of fused-ring (bicyclic) bond motifs is 9. The van der Waals surface area contributed by atoms with E-state index >= 15 is 0 Å². The predicted molar refractivity (Wildman–Crippen MR) is 171 cm³/mol. The van der Waals surface area contributed by atoms with Crippen LogP contribution < -0.4 is 4.90 Å². The van der Waals surface area contributed by atoms with E-state index in [1.807, 2.05) is 54.6 Å². The molecular weight excluding hydrogens is 502 g/mol. The van der Waals surface area contributed by atoms with Crippen molar-refractivity contribution in [1.29, 1.82) is 0 Å². The fourth-order valence-corrected chi connectivity index (χ4v) is 5.65. The zero-order valence-corrected chi connectivity index (χ0v) is 21.1. The summed E-state index contributed by atoms with van der Waals surface area (Å²) in [4.78, 5) is 1.23. The fourth-order valence-electron chi connectivity index (χ4n) is 5.65. The first kappa shape index (κ1) is 13.7. The van der Waals surface area contributed by atoms with E-state index in [0.29, 0.717) is 5.39 Å². The molecule has 7 aromatic carbocycles. The average Bonchev–Trinajstić information content (AvgIpc) is 3.74. The lowest BCUT2D eigenvalue weighted by molar-refractivity contribution is 0.669. The summed E-state index contributed by atoms with van der Waals surface area (Å²) < 4.78 is 116. The van der Waals surface area contributed by atoms with Crippen LogP contribution in [0.5, 0.6) is 0 Å². The number of para-hydroxylation sites is 3. The number of rotatable bonds is 3. The first-order chi connectivity index (χ1) is 25.3. The summed E-state index contributed by atoms with van der Waals surface area (Å²) in [5.74, 6) is 0. The molecule has 3 heteroatoms. The Kier molecular flexibility index (Phi) is 2.83. The van der Waals surface area contributed by atoms with Gasteiger partial charge in [0.05, 0.1) is 27.5 Å². The van der Waals surface area contributed by atoms with E-state index in [1.165, 1.54) is 4.90 Å². The van der Waals surface area contributed by atoms with Crippen LogP contribution in [0.25, 0.3) is 65.4 Å². The van der Waals surface area contributed by atoms with Gasteiger partial charge in [0.15, 0.2) is 0 Å². The predicted octanol–water partition coefficient (Wildman–Crippen LogP) is 11.3. The normalized spacial score (nSPS) is 16.0. The maximum absolute atomic E-state index is 9.23. The Bertz CT molecular complexity index is 3090. The quantitative estimate of drug-likeness (QED) is 0.210. The summed E-state index contributed by atoms with van der Waals surface area (Å²) in [7, 11) is 0. The Balaban J connectivity index is 1.42. The number of benzene rings is 7. The van der Waals surface area contributed by atoms with Gasteiger partial charge in [-0.15, -0.1) is 0 Å². The van der Waals surface area contributed by atoms with Crippen LogP contribution in [0.3, 0.4) is 0 Å². The number of anilines is 3. The van der Waals surface area contributed by atoms with Crippen LogP contribution in [-0.2, 0) is 0 Å². The summed E-state index contributed by atoms with van der Waals surface area (Å²) in [5, 5.41) is 4.85. The molecule has 41 heavy (non-hydrogen) atoms. The van der Waals surface area contributed by atoms with Crippen molar-refractivity contribution in [2.24, 2.45) is 0 Å². The van der Waals surface area contributed by atoms with Crippen molar-refractivity contribution in [3.05, 3.63) is 139 Å². The van der Waals surface area contributed by atoms with E-state index in [4.69, 9.17) is 23.9 Å². The lowest BCUT2D eigenvalue weighted by atomic mass is 9.99. The maximum atomic E-state index is 9.23. The molecule has 9 aromatic rings. The molecule has 192 valence electrons. The van der Waals surface area contributed by atoms with E-state index in [9.17, 15) is 1.37 Å². The van der Waals surface area contributed by atoms with Gasteiger partial charge in [-0.1, -0.05) is 78.7 Å². The Morgan fingerprint density at radius 2 is 1.24 bits per heavy atom. The molecule has 2 aromatic heterocycles. The highest BCUT2D eigenvalue weighted by Crippen LogP contribution is 2.44. The van der Waals surface area contributed by atoms with Crippen molar-refractivity contribution < 1.29 is 25.3 Å². The van der Waals surface area contributed by atoms with Crippen LogP contribution in [0.4, 0.5) is 17.1 Å². The van der Waals surface area contributed by atoms with Crippen molar-refractivity contribution >= 4 is 82.5 Å². The Morgan fingerprint density at radius 3 is 2.17 bits per heavy atom. The highest BCUT2D eigenvalue weighted by Gasteiger charge is 2.19. The van der Waals surface area contributed by atoms with Crippen molar-refractivity contribution in [3.63, 3.8) is 0 Å². The van der Waals surface area contributed by atoms with Crippen molar-refractivity contribution in [1.82, 2.24) is 0 Å². The third kappa shape index (κ3) is 3.33. The first-order valence-electron chi connectivity index (χ1n) is 18.9. The molecule has 0 saturated carbocycles. The Hall–Kier alpha value is -5.54. The highest BCUT2D eigenvalue weighted by atomic mass is 16.3. The van der Waals surface area contributed by atoms with Crippen LogP contribution in [0.1, 0.15) is 16.4 Å². The molecule has 3 nitrogen and oxygen atoms in total. The van der Waals surface area contributed by atoms with E-state index in [-0.39, 0.29) is 39.0 Å². The number of nitrogens with zero attached hydrogens (tertiary/aromatic N) is 1. The monoisotopic (exact) mass is 537 g/mol. The molecule has 0 fully saturated rings. The second kappa shape index (κ2) is 8.48. The van der Waals surface area contributed by atoms with Gasteiger partial charge in [0.1, 0.15) is 22.3 Å². The van der Waals surface area contributed by atoms with E-state index in [1.54, 1.807) is 12.1 Å². The zero-order valence-electron chi connectivity index (χ0n) is 33.1. The van der Waals surface area contributed by atoms with Crippen molar-refractivity contribution in [2.45, 2.75) is 0 Å². The second-order valence-corrected chi connectivity index (χ2v) is 9.68. The number of hydrogen-bond acceptors (Lipinski definition) is 3. The van der Waals surface area contributed by atoms with Crippen molar-refractivity contribution in [3.8, 4) is 0 Å². The minimum absolute atomic E-state index is 0.141. The van der Waals surface area contributed by atoms with Gasteiger partial charge in [-0.3, -0.25) is 0 Å². The molecular formula is C38H23NO2. The van der Waals surface area contributed by atoms with Gasteiger partial charge in [-0.25, -0.2) is 0 Å². The summed E-state index contributed by atoms with van der Waals surface area (Å²) in [6.45, 7) is 0. The largest absolute Gasteiger partial charge is 0.456 e. The van der Waals surface area contributed by atoms with E-state index in [2.05, 4.69) is 0 Å². The van der Waals surface area contributed by atoms with Gasteiger partial charge in [0, 0.05) is 27.5 Å². The minimum atomic E-state index is -0.654. The molecule has 0 atom stereocenters. The van der Waals surface area contributed by atoms with Gasteiger partial charge in [-0.05, 0) is 82.1 Å². The molecule has 0 aliphatic carbocycles. The summed E-state index contributed by atoms with van der Waals surface area (Å²) in [5.41, 5.74) is 0.439. The number of hydrogen-bond donors (Lipinski definition) is 0. The molecule has 0 radical (unpaired) electrons. The van der Waals surface area contributed by atoms with Gasteiger partial charge < -0.3 is 13.7 Å². The summed E-state index contributed by atoms with van der Waals surface area (Å²) >= 11 is 0. The lowest BCUT2D eigenvalue weighted by Gasteiger charge is -2.26. The van der Waals surface area contributed by atoms with E-state index in [0.717, 1.165) is 38.1 Å². The molecule has 0 aliphatic rings. The van der Waals surface area contributed by atoms with Gasteiger partial charge >= 0.3 is 0 Å². The van der Waals surface area contributed by atoms with Crippen LogP contribution in [-0.4, -0.2) is 0 Å². The summed E-state index contributed by atoms with van der Waals surface area (Å²) in [6.07, 6.45) is 0. The molecule has 0 amide bonds. The second-order valence-electron chi connectivity index (χ2n) is 9.68. The SMILES string of the molecule is [2H]c1c([2H])c([2H])c(N(c2ccc3c(ccc4cc5oc6ccccc6c5cc43)c2)c2c([2H])c([2H])c([2H])c3oc4c([2H])c([2H])c([2H])c([2H])c4c23)c([2H])c1[2H]. The Labute approximate surface area is 252 Å². The van der Waals surface area contributed by atoms with E-state index < -0.39 is 72.5 Å². The van der Waals surface area contributed by atoms with Crippen molar-refractivity contribution in [2.75, 3.05) is 4.90 Å². The molecule has 0 N–H and O–H groups in total. The van der Waals surface area contributed by atoms with Crippen LogP contribution in [0.15, 0.2) is 148 Å². The minimum Gasteiger partial charge on any atom is -0.456 e. The topological polar surface area (TPSA) is 29.5 Å². The van der Waals surface area contributed by atoms with Gasteiger partial charge in [0.25, 0.3) is 0 Å². The Morgan fingerprint density at radius 1 is 0.463 bits per heavy atom. The average molecular weight is 538 g/mol. The lowest BCUT2D eigenvalue weighted by Crippen LogP contribution is -2.10. The third-order valence-corrected chi connectivity index (χ3v) is 7.44. The van der Waals surface area contributed by atoms with Crippen LogP contribution in [0.2, 0.25) is 0 Å². The maximum Gasteiger partial charge on any atom is 0.137 e. The highest BCUT2D eigenvalue weighted by molar-refractivity contribution is 6.17. The molecule has 0 unspecified atom stereocenters. The number of furan rings is 2. The molecule has 0 aliphatic heterocycles. The molecule has 9 rings (SSSR count). The standard InChI is InChI=1S/C38H23NO2/c1-2-9-26(10-3-1)39(33-13-8-16-36-38(33)30-12-5-7-15-35(30)40-36)27-19-20-28-24(21-27)17-18-25-22-37-32(23-31(25)28)29-11-4-6-14-34(29)41-37/h1-23H/i1D,2D,3D,5D,7D,8D,9D,10D,12D,13D,15D,16D. The molecule has 0 spiro atoms. The summed E-state index contributed by atoms with van der Waals surface area (Å²) in [6, 6.07) is 13.5. The fraction of sp³-hybridized carbons (Fsp3) is 0. The molecule has 0 bridgehead atoms. The molecule has 0 saturated heterocycles.